The third kappa shape index (κ3) is 3.88. The summed E-state index contributed by atoms with van der Waals surface area (Å²) in [6.07, 6.45) is 1.63. The molecule has 0 atom stereocenters. The van der Waals surface area contributed by atoms with E-state index in [1.807, 2.05) is 13.0 Å². The molecule has 0 aliphatic rings. The van der Waals surface area contributed by atoms with Crippen LogP contribution in [0.15, 0.2) is 47.4 Å². The molecule has 3 rings (SSSR count). The minimum absolute atomic E-state index is 0.0775. The summed E-state index contributed by atoms with van der Waals surface area (Å²) >= 11 is 0. The zero-order chi connectivity index (χ0) is 18.5. The smallest absolute Gasteiger partial charge is 0.261 e. The van der Waals surface area contributed by atoms with Crippen LogP contribution in [-0.2, 0) is 17.9 Å². The van der Waals surface area contributed by atoms with Gasteiger partial charge in [0.25, 0.3) is 5.56 Å². The average Bonchev–Trinajstić information content (AvgIpc) is 2.64. The first kappa shape index (κ1) is 17.6. The van der Waals surface area contributed by atoms with E-state index in [1.165, 1.54) is 4.57 Å². The first-order valence-corrected chi connectivity index (χ1v) is 8.39. The highest BCUT2D eigenvalue weighted by molar-refractivity contribution is 5.79. The molecule has 2 aromatic heterocycles. The standard InChI is InChI=1S/C19H20N4O3/c1-3-26-18-10-14(8-9-20-18)11-21-17(24)12-23-13(2)22-16-7-5-4-6-15(16)19(23)25/h4-10H,3,11-12H2,1-2H3,(H,21,24). The molecule has 0 saturated heterocycles. The summed E-state index contributed by atoms with van der Waals surface area (Å²) in [6.45, 7) is 4.38. The number of nitrogens with one attached hydrogen (secondary N) is 1. The van der Waals surface area contributed by atoms with E-state index in [4.69, 9.17) is 4.74 Å². The van der Waals surface area contributed by atoms with Gasteiger partial charge in [-0.25, -0.2) is 9.97 Å². The highest BCUT2D eigenvalue weighted by Gasteiger charge is 2.11. The molecule has 0 unspecified atom stereocenters. The van der Waals surface area contributed by atoms with E-state index < -0.39 is 0 Å². The number of nitrogens with zero attached hydrogens (tertiary/aromatic N) is 3. The lowest BCUT2D eigenvalue weighted by Crippen LogP contribution is -2.33. The topological polar surface area (TPSA) is 86.1 Å². The molecule has 2 heterocycles. The number of amides is 1. The summed E-state index contributed by atoms with van der Waals surface area (Å²) in [7, 11) is 0. The van der Waals surface area contributed by atoms with Crippen molar-refractivity contribution in [2.75, 3.05) is 6.61 Å². The lowest BCUT2D eigenvalue weighted by atomic mass is 10.2. The van der Waals surface area contributed by atoms with Gasteiger partial charge >= 0.3 is 0 Å². The summed E-state index contributed by atoms with van der Waals surface area (Å²) in [5, 5.41) is 3.31. The van der Waals surface area contributed by atoms with Gasteiger partial charge in [0, 0.05) is 18.8 Å². The molecule has 134 valence electrons. The maximum absolute atomic E-state index is 12.6. The number of rotatable bonds is 6. The summed E-state index contributed by atoms with van der Waals surface area (Å²) in [6, 6.07) is 10.7. The Morgan fingerprint density at radius 2 is 2.08 bits per heavy atom. The molecule has 1 aromatic carbocycles. The number of hydrogen-bond donors (Lipinski definition) is 1. The molecule has 0 spiro atoms. The van der Waals surface area contributed by atoms with Gasteiger partial charge < -0.3 is 10.1 Å². The first-order valence-electron chi connectivity index (χ1n) is 8.39. The Hall–Kier alpha value is -3.22. The Kier molecular flexibility index (Phi) is 5.26. The summed E-state index contributed by atoms with van der Waals surface area (Å²) in [4.78, 5) is 33.4. The molecule has 7 nitrogen and oxygen atoms in total. The lowest BCUT2D eigenvalue weighted by Gasteiger charge is -2.11. The Balaban J connectivity index is 1.71. The van der Waals surface area contributed by atoms with Crippen LogP contribution in [0.25, 0.3) is 10.9 Å². The minimum Gasteiger partial charge on any atom is -0.478 e. The van der Waals surface area contributed by atoms with Crippen LogP contribution in [0.3, 0.4) is 0 Å². The van der Waals surface area contributed by atoms with Gasteiger partial charge in [-0.05, 0) is 37.6 Å². The lowest BCUT2D eigenvalue weighted by molar-refractivity contribution is -0.121. The molecule has 0 radical (unpaired) electrons. The van der Waals surface area contributed by atoms with E-state index in [0.717, 1.165) is 5.56 Å². The summed E-state index contributed by atoms with van der Waals surface area (Å²) < 4.78 is 6.73. The average molecular weight is 352 g/mol. The van der Waals surface area contributed by atoms with Crippen LogP contribution in [0.5, 0.6) is 5.88 Å². The number of fused-ring (bicyclic) bond motifs is 1. The number of carbonyl (C=O) groups excluding carboxylic acids is 1. The van der Waals surface area contributed by atoms with Crippen molar-refractivity contribution in [2.45, 2.75) is 26.9 Å². The molecule has 0 bridgehead atoms. The predicted octanol–water partition coefficient (Wildman–Crippen LogP) is 1.82. The van der Waals surface area contributed by atoms with Crippen molar-refractivity contribution < 1.29 is 9.53 Å². The van der Waals surface area contributed by atoms with E-state index in [9.17, 15) is 9.59 Å². The molecule has 1 amide bonds. The Bertz CT molecular complexity index is 997. The number of ether oxygens (including phenoxy) is 1. The number of para-hydroxylation sites is 1. The fraction of sp³-hybridized carbons (Fsp3) is 0.263. The third-order valence-corrected chi connectivity index (χ3v) is 3.94. The second-order valence-corrected chi connectivity index (χ2v) is 5.78. The monoisotopic (exact) mass is 352 g/mol. The molecule has 26 heavy (non-hydrogen) atoms. The Morgan fingerprint density at radius 1 is 1.27 bits per heavy atom. The molecule has 0 saturated carbocycles. The van der Waals surface area contributed by atoms with Crippen LogP contribution < -0.4 is 15.6 Å². The number of hydrogen-bond acceptors (Lipinski definition) is 5. The van der Waals surface area contributed by atoms with Gasteiger partial charge in [0.05, 0.1) is 17.5 Å². The number of pyridine rings is 1. The van der Waals surface area contributed by atoms with E-state index in [1.54, 1.807) is 43.5 Å². The van der Waals surface area contributed by atoms with Crippen LogP contribution in [0.1, 0.15) is 18.3 Å². The quantitative estimate of drug-likeness (QED) is 0.731. The van der Waals surface area contributed by atoms with Gasteiger partial charge in [-0.1, -0.05) is 12.1 Å². The predicted molar refractivity (Wildman–Crippen MR) is 98.0 cm³/mol. The molecule has 0 aliphatic carbocycles. The normalized spacial score (nSPS) is 10.7. The molecule has 0 aliphatic heterocycles. The van der Waals surface area contributed by atoms with Crippen molar-refractivity contribution in [1.29, 1.82) is 0 Å². The van der Waals surface area contributed by atoms with Gasteiger partial charge in [0.15, 0.2) is 0 Å². The first-order chi connectivity index (χ1) is 12.6. The van der Waals surface area contributed by atoms with E-state index in [-0.39, 0.29) is 18.0 Å². The van der Waals surface area contributed by atoms with E-state index in [2.05, 4.69) is 15.3 Å². The molecule has 0 fully saturated rings. The van der Waals surface area contributed by atoms with Crippen LogP contribution in [0.4, 0.5) is 0 Å². The number of benzene rings is 1. The van der Waals surface area contributed by atoms with Crippen molar-refractivity contribution in [3.63, 3.8) is 0 Å². The van der Waals surface area contributed by atoms with Gasteiger partial charge in [-0.3, -0.25) is 14.2 Å². The second kappa shape index (κ2) is 7.77. The Morgan fingerprint density at radius 3 is 2.88 bits per heavy atom. The molecule has 7 heteroatoms. The van der Waals surface area contributed by atoms with Crippen LogP contribution in [-0.4, -0.2) is 27.0 Å². The minimum atomic E-state index is -0.262. The maximum Gasteiger partial charge on any atom is 0.261 e. The second-order valence-electron chi connectivity index (χ2n) is 5.78. The van der Waals surface area contributed by atoms with Crippen LogP contribution in [0.2, 0.25) is 0 Å². The number of aromatic nitrogens is 3. The fourth-order valence-electron chi connectivity index (χ4n) is 2.65. The third-order valence-electron chi connectivity index (χ3n) is 3.94. The van der Waals surface area contributed by atoms with E-state index in [0.29, 0.717) is 35.8 Å². The summed E-state index contributed by atoms with van der Waals surface area (Å²) in [5.41, 5.74) is 1.29. The summed E-state index contributed by atoms with van der Waals surface area (Å²) in [5.74, 6) is 0.762. The van der Waals surface area contributed by atoms with Crippen LogP contribution >= 0.6 is 0 Å². The van der Waals surface area contributed by atoms with Crippen molar-refractivity contribution >= 4 is 16.8 Å². The van der Waals surface area contributed by atoms with Gasteiger partial charge in [0.2, 0.25) is 11.8 Å². The fourth-order valence-corrected chi connectivity index (χ4v) is 2.65. The zero-order valence-corrected chi connectivity index (χ0v) is 14.7. The zero-order valence-electron chi connectivity index (χ0n) is 14.7. The van der Waals surface area contributed by atoms with Crippen molar-refractivity contribution in [1.82, 2.24) is 19.9 Å². The molecule has 3 aromatic rings. The Labute approximate surface area is 150 Å². The van der Waals surface area contributed by atoms with Crippen molar-refractivity contribution in [3.05, 3.63) is 64.3 Å². The maximum atomic E-state index is 12.6. The van der Waals surface area contributed by atoms with Crippen LogP contribution in [0, 0.1) is 6.92 Å². The number of aryl methyl sites for hydroxylation is 1. The number of carbonyl (C=O) groups is 1. The largest absolute Gasteiger partial charge is 0.478 e. The highest BCUT2D eigenvalue weighted by atomic mass is 16.5. The molecular formula is C19H20N4O3. The van der Waals surface area contributed by atoms with Crippen molar-refractivity contribution in [3.8, 4) is 5.88 Å². The SMILES string of the molecule is CCOc1cc(CNC(=O)Cn2c(C)nc3ccccc3c2=O)ccn1. The molecule has 1 N–H and O–H groups in total. The van der Waals surface area contributed by atoms with E-state index >= 15 is 0 Å². The molecular weight excluding hydrogens is 332 g/mol. The van der Waals surface area contributed by atoms with Gasteiger partial charge in [-0.2, -0.15) is 0 Å². The highest BCUT2D eigenvalue weighted by Crippen LogP contribution is 2.09. The van der Waals surface area contributed by atoms with Crippen molar-refractivity contribution in [2.24, 2.45) is 0 Å². The van der Waals surface area contributed by atoms with Gasteiger partial charge in [0.1, 0.15) is 12.4 Å². The van der Waals surface area contributed by atoms with Gasteiger partial charge in [-0.15, -0.1) is 0 Å².